The predicted octanol–water partition coefficient (Wildman–Crippen LogP) is 4.73. The van der Waals surface area contributed by atoms with Crippen molar-refractivity contribution in [3.63, 3.8) is 0 Å². The molecule has 6 aromatic rings. The van der Waals surface area contributed by atoms with E-state index in [1.165, 1.54) is 21.3 Å². The summed E-state index contributed by atoms with van der Waals surface area (Å²) in [5.74, 6) is -0.521. The van der Waals surface area contributed by atoms with Crippen LogP contribution in [0.2, 0.25) is 0 Å². The number of carbonyl (C=O) groups excluding carboxylic acids is 2. The normalized spacial score (nSPS) is 12.9. The van der Waals surface area contributed by atoms with Gasteiger partial charge < -0.3 is 0 Å². The minimum absolute atomic E-state index is 0.192. The zero-order chi connectivity index (χ0) is 29.1. The van der Waals surface area contributed by atoms with E-state index in [-0.39, 0.29) is 20.6 Å². The number of ketones is 2. The van der Waals surface area contributed by atoms with E-state index in [1.54, 1.807) is 97.1 Å². The van der Waals surface area contributed by atoms with Gasteiger partial charge in [-0.1, -0.05) is 97.1 Å². The molecule has 0 atom stereocenters. The molecule has 0 aliphatic heterocycles. The lowest BCUT2D eigenvalue weighted by atomic mass is 10.1. The van der Waals surface area contributed by atoms with Crippen LogP contribution in [0.4, 0.5) is 0 Å². The SMILES string of the molecule is O=C(/C=c1\s/c(=c2/s/c(=C\C(=O)c3ccccc3)n(-c3ccccc3)c2=O)c(=O)n1-c1ccccc1)c1ccccc1. The molecule has 0 aliphatic carbocycles. The van der Waals surface area contributed by atoms with Crippen molar-refractivity contribution >= 4 is 46.4 Å². The number of thiazole rings is 2. The Morgan fingerprint density at radius 3 is 1.12 bits per heavy atom. The van der Waals surface area contributed by atoms with Gasteiger partial charge in [-0.2, -0.15) is 0 Å². The third-order valence-corrected chi connectivity index (χ3v) is 8.82. The van der Waals surface area contributed by atoms with Crippen molar-refractivity contribution in [2.24, 2.45) is 0 Å². The Hall–Kier alpha value is -5.18. The number of para-hydroxylation sites is 2. The van der Waals surface area contributed by atoms with Gasteiger partial charge in [-0.05, 0) is 24.3 Å². The molecule has 0 spiro atoms. The highest BCUT2D eigenvalue weighted by Crippen LogP contribution is 2.09. The lowest BCUT2D eigenvalue weighted by molar-refractivity contribution is 0.105. The zero-order valence-electron chi connectivity index (χ0n) is 22.0. The molecule has 0 saturated carbocycles. The fraction of sp³-hybridized carbons (Fsp3) is 0. The maximum absolute atomic E-state index is 14.0. The molecule has 0 bridgehead atoms. The van der Waals surface area contributed by atoms with Crippen LogP contribution in [-0.4, -0.2) is 20.7 Å². The Morgan fingerprint density at radius 2 is 0.786 bits per heavy atom. The standard InChI is InChI=1S/C34H22N2O4S2/c37-27(23-13-5-1-6-14-23)21-29-35(25-17-9-3-10-18-25)33(39)31(41-29)32-34(40)36(26-19-11-4-12-20-26)30(42-32)22-28(38)24-15-7-2-8-16-24/h1-22H/b29-21-,30-22-,32-31+. The molecule has 6 rings (SSSR count). The summed E-state index contributed by atoms with van der Waals surface area (Å²) in [5.41, 5.74) is 1.28. The van der Waals surface area contributed by atoms with Crippen molar-refractivity contribution in [3.8, 4) is 11.4 Å². The van der Waals surface area contributed by atoms with Gasteiger partial charge in [0, 0.05) is 23.3 Å². The van der Waals surface area contributed by atoms with Gasteiger partial charge in [0.05, 0.1) is 11.4 Å². The van der Waals surface area contributed by atoms with Gasteiger partial charge in [-0.3, -0.25) is 28.3 Å². The Kier molecular flexibility index (Phi) is 7.55. The highest BCUT2D eigenvalue weighted by molar-refractivity contribution is 7.11. The van der Waals surface area contributed by atoms with Gasteiger partial charge in [0.1, 0.15) is 18.4 Å². The van der Waals surface area contributed by atoms with Crippen LogP contribution in [0.5, 0.6) is 0 Å². The molecular formula is C34H22N2O4S2. The second-order valence-electron chi connectivity index (χ2n) is 9.24. The molecule has 0 N–H and O–H groups in total. The summed E-state index contributed by atoms with van der Waals surface area (Å²) in [5, 5.41) is 0. The molecular weight excluding hydrogens is 565 g/mol. The highest BCUT2D eigenvalue weighted by Gasteiger charge is 2.15. The van der Waals surface area contributed by atoms with Crippen molar-refractivity contribution < 1.29 is 9.59 Å². The predicted molar refractivity (Wildman–Crippen MR) is 167 cm³/mol. The number of carbonyl (C=O) groups is 2. The van der Waals surface area contributed by atoms with Crippen molar-refractivity contribution in [1.82, 2.24) is 9.13 Å². The van der Waals surface area contributed by atoms with E-state index in [0.29, 0.717) is 31.8 Å². The summed E-state index contributed by atoms with van der Waals surface area (Å²) in [6, 6.07) is 35.6. The molecule has 0 radical (unpaired) electrons. The van der Waals surface area contributed by atoms with Gasteiger partial charge in [-0.15, -0.1) is 22.7 Å². The number of nitrogens with zero attached hydrogens (tertiary/aromatic N) is 2. The van der Waals surface area contributed by atoms with Gasteiger partial charge in [0.15, 0.2) is 11.6 Å². The van der Waals surface area contributed by atoms with E-state index in [4.69, 9.17) is 0 Å². The largest absolute Gasteiger partial charge is 0.289 e. The van der Waals surface area contributed by atoms with Gasteiger partial charge in [0.2, 0.25) is 0 Å². The maximum Gasteiger partial charge on any atom is 0.275 e. The molecule has 0 aliphatic rings. The van der Waals surface area contributed by atoms with Crippen molar-refractivity contribution in [2.45, 2.75) is 0 Å². The number of hydrogen-bond donors (Lipinski definition) is 0. The first-order valence-electron chi connectivity index (χ1n) is 13.0. The molecule has 2 aromatic heterocycles. The Balaban J connectivity index is 1.69. The fourth-order valence-corrected chi connectivity index (χ4v) is 6.78. The van der Waals surface area contributed by atoms with E-state index >= 15 is 0 Å². The Morgan fingerprint density at radius 1 is 0.476 bits per heavy atom. The zero-order valence-corrected chi connectivity index (χ0v) is 23.7. The smallest absolute Gasteiger partial charge is 0.275 e. The van der Waals surface area contributed by atoms with Crippen LogP contribution in [0.3, 0.4) is 0 Å². The summed E-state index contributed by atoms with van der Waals surface area (Å²) in [6.07, 6.45) is 2.85. The molecule has 42 heavy (non-hydrogen) atoms. The highest BCUT2D eigenvalue weighted by atomic mass is 32.1. The monoisotopic (exact) mass is 586 g/mol. The fourth-order valence-electron chi connectivity index (χ4n) is 4.50. The summed E-state index contributed by atoms with van der Waals surface area (Å²) in [6.45, 7) is 0. The average Bonchev–Trinajstić information content (AvgIpc) is 3.53. The first-order valence-corrected chi connectivity index (χ1v) is 14.7. The van der Waals surface area contributed by atoms with Crippen molar-refractivity contribution in [1.29, 1.82) is 0 Å². The summed E-state index contributed by atoms with van der Waals surface area (Å²) in [4.78, 5) is 54.3. The van der Waals surface area contributed by atoms with E-state index in [9.17, 15) is 19.2 Å². The summed E-state index contributed by atoms with van der Waals surface area (Å²) >= 11 is 2.15. The third-order valence-electron chi connectivity index (χ3n) is 6.51. The van der Waals surface area contributed by atoms with E-state index in [1.807, 2.05) is 24.3 Å². The first-order chi connectivity index (χ1) is 20.5. The summed E-state index contributed by atoms with van der Waals surface area (Å²) in [7, 11) is 0. The van der Waals surface area contributed by atoms with Crippen LogP contribution in [0.15, 0.2) is 131 Å². The number of hydrogen-bond acceptors (Lipinski definition) is 6. The molecule has 6 nitrogen and oxygen atoms in total. The van der Waals surface area contributed by atoms with E-state index < -0.39 is 11.1 Å². The minimum Gasteiger partial charge on any atom is -0.289 e. The maximum atomic E-state index is 14.0. The molecule has 0 saturated heterocycles. The minimum atomic E-state index is -0.419. The number of aromatic nitrogens is 2. The van der Waals surface area contributed by atoms with Crippen molar-refractivity contribution in [2.75, 3.05) is 0 Å². The Labute approximate surface area is 247 Å². The molecule has 2 heterocycles. The van der Waals surface area contributed by atoms with Crippen LogP contribution >= 0.6 is 22.7 Å². The van der Waals surface area contributed by atoms with Crippen LogP contribution in [0.25, 0.3) is 23.5 Å². The lowest BCUT2D eigenvalue weighted by Crippen LogP contribution is -2.26. The van der Waals surface area contributed by atoms with Gasteiger partial charge >= 0.3 is 0 Å². The second kappa shape index (κ2) is 11.7. The van der Waals surface area contributed by atoms with Crippen LogP contribution in [0, 0.1) is 9.06 Å². The molecule has 0 unspecified atom stereocenters. The number of rotatable bonds is 6. The topological polar surface area (TPSA) is 78.1 Å². The van der Waals surface area contributed by atoms with Crippen LogP contribution in [0.1, 0.15) is 20.7 Å². The van der Waals surface area contributed by atoms with E-state index in [0.717, 1.165) is 22.7 Å². The summed E-state index contributed by atoms with van der Waals surface area (Å²) < 4.78 is 4.06. The Bertz CT molecular complexity index is 2090. The van der Waals surface area contributed by atoms with Crippen LogP contribution < -0.4 is 20.4 Å². The van der Waals surface area contributed by atoms with Gasteiger partial charge in [0.25, 0.3) is 11.1 Å². The molecule has 4 aromatic carbocycles. The molecule has 8 heteroatoms. The van der Waals surface area contributed by atoms with E-state index in [2.05, 4.69) is 0 Å². The average molecular weight is 587 g/mol. The van der Waals surface area contributed by atoms with Gasteiger partial charge in [-0.25, -0.2) is 0 Å². The first kappa shape index (κ1) is 27.0. The number of Topliss-reactive ketones (excluding diaryl/α,β-unsaturated/α-hetero) is 2. The number of benzene rings is 4. The molecule has 204 valence electrons. The quantitative estimate of drug-likeness (QED) is 0.265. The van der Waals surface area contributed by atoms with Crippen LogP contribution in [-0.2, 0) is 0 Å². The molecule has 0 fully saturated rings. The molecule has 0 amide bonds. The lowest BCUT2D eigenvalue weighted by Gasteiger charge is -2.01. The van der Waals surface area contributed by atoms with Crippen molar-refractivity contribution in [3.05, 3.63) is 172 Å². The second-order valence-corrected chi connectivity index (χ2v) is 11.3. The third kappa shape index (κ3) is 5.28.